The van der Waals surface area contributed by atoms with Crippen LogP contribution in [0.5, 0.6) is 0 Å². The first-order chi connectivity index (χ1) is 7.57. The van der Waals surface area contributed by atoms with Crippen molar-refractivity contribution in [3.63, 3.8) is 0 Å². The number of nitrogens with one attached hydrogen (secondary N) is 2. The molecule has 0 aliphatic carbocycles. The maximum absolute atomic E-state index is 11.3. The number of hydrogen-bond acceptors (Lipinski definition) is 4. The lowest BCUT2D eigenvalue weighted by Crippen LogP contribution is -2.38. The maximum atomic E-state index is 11.3. The summed E-state index contributed by atoms with van der Waals surface area (Å²) in [4.78, 5) is 11.3. The Balaban J connectivity index is 3.40. The van der Waals surface area contributed by atoms with Gasteiger partial charge in [-0.1, -0.05) is 0 Å². The summed E-state index contributed by atoms with van der Waals surface area (Å²) in [6.07, 6.45) is 2.48. The van der Waals surface area contributed by atoms with Crippen LogP contribution in [0.4, 0.5) is 0 Å². The first kappa shape index (κ1) is 15.5. The zero-order chi connectivity index (χ0) is 12.4. The summed E-state index contributed by atoms with van der Waals surface area (Å²) in [7, 11) is 0.791. The quantitative estimate of drug-likeness (QED) is 0.541. The summed E-state index contributed by atoms with van der Waals surface area (Å²) in [5.74, 6) is -0.0369. The smallest absolute Gasteiger partial charge is 0.233 e. The molecule has 0 rings (SSSR count). The summed E-state index contributed by atoms with van der Waals surface area (Å²) in [5.41, 5.74) is 0. The van der Waals surface area contributed by atoms with Crippen LogP contribution >= 0.6 is 0 Å². The van der Waals surface area contributed by atoms with Gasteiger partial charge >= 0.3 is 0 Å². The number of carbonyl (C=O) groups is 1. The fourth-order valence-corrected chi connectivity index (χ4v) is 1.37. The highest BCUT2D eigenvalue weighted by Crippen LogP contribution is 1.88. The van der Waals surface area contributed by atoms with Crippen molar-refractivity contribution in [1.29, 1.82) is 0 Å². The van der Waals surface area contributed by atoms with E-state index in [1.54, 1.807) is 13.4 Å². The number of methoxy groups -OCH3 is 1. The van der Waals surface area contributed by atoms with Gasteiger partial charge in [-0.15, -0.1) is 0 Å². The lowest BCUT2D eigenvalue weighted by Gasteiger charge is -2.10. The van der Waals surface area contributed by atoms with E-state index in [4.69, 9.17) is 4.74 Å². The second kappa shape index (κ2) is 9.74. The number of rotatable bonds is 9. The second-order valence-corrected chi connectivity index (χ2v) is 5.44. The Bertz CT molecular complexity index is 224. The van der Waals surface area contributed by atoms with Gasteiger partial charge in [-0.25, -0.2) is 0 Å². The van der Waals surface area contributed by atoms with Crippen molar-refractivity contribution < 1.29 is 13.7 Å². The minimum absolute atomic E-state index is 0.0369. The third kappa shape index (κ3) is 8.82. The molecule has 96 valence electrons. The summed E-state index contributed by atoms with van der Waals surface area (Å²) in [6, 6.07) is 0. The Labute approximate surface area is 99.8 Å². The topological polar surface area (TPSA) is 67.4 Å². The Hall–Kier alpha value is -0.460. The fraction of sp³-hybridized carbons (Fsp3) is 0.900. The standard InChI is InChI=1S/C10H22N2O3S/c1-9(16(3)14)7-11-8-10(13)12-5-4-6-15-2/h9,11H,4-8H2,1-3H3,(H,12,13). The predicted octanol–water partition coefficient (Wildman–Crippen LogP) is -0.504. The molecule has 2 N–H and O–H groups in total. The zero-order valence-corrected chi connectivity index (χ0v) is 11.1. The lowest BCUT2D eigenvalue weighted by molar-refractivity contribution is -0.120. The highest BCUT2D eigenvalue weighted by atomic mass is 32.2. The van der Waals surface area contributed by atoms with Crippen LogP contribution in [0.25, 0.3) is 0 Å². The zero-order valence-electron chi connectivity index (χ0n) is 10.2. The van der Waals surface area contributed by atoms with Gasteiger partial charge in [0.25, 0.3) is 0 Å². The average molecular weight is 250 g/mol. The van der Waals surface area contributed by atoms with Crippen LogP contribution in [-0.4, -0.2) is 55.0 Å². The molecular formula is C10H22N2O3S. The molecule has 0 spiro atoms. The molecule has 2 unspecified atom stereocenters. The van der Waals surface area contributed by atoms with E-state index in [0.717, 1.165) is 6.42 Å². The summed E-state index contributed by atoms with van der Waals surface area (Å²) in [5, 5.41) is 5.80. The molecule has 2 atom stereocenters. The highest BCUT2D eigenvalue weighted by Gasteiger charge is 2.06. The van der Waals surface area contributed by atoms with Crippen LogP contribution in [0.15, 0.2) is 0 Å². The number of hydrogen-bond donors (Lipinski definition) is 2. The molecule has 0 saturated carbocycles. The van der Waals surface area contributed by atoms with E-state index in [9.17, 15) is 9.00 Å². The van der Waals surface area contributed by atoms with Crippen LogP contribution in [0, 0.1) is 0 Å². The van der Waals surface area contributed by atoms with Crippen molar-refractivity contribution in [3.8, 4) is 0 Å². The van der Waals surface area contributed by atoms with Crippen LogP contribution < -0.4 is 10.6 Å². The van der Waals surface area contributed by atoms with Gasteiger partial charge in [-0.3, -0.25) is 9.00 Å². The molecule has 0 aromatic heterocycles. The highest BCUT2D eigenvalue weighted by molar-refractivity contribution is 7.84. The van der Waals surface area contributed by atoms with Crippen LogP contribution in [0.1, 0.15) is 13.3 Å². The molecule has 16 heavy (non-hydrogen) atoms. The van der Waals surface area contributed by atoms with Gasteiger partial charge in [0.2, 0.25) is 5.91 Å². The molecule has 0 radical (unpaired) electrons. The third-order valence-corrected chi connectivity index (χ3v) is 3.43. The molecule has 6 heteroatoms. The van der Waals surface area contributed by atoms with Gasteiger partial charge in [0, 0.05) is 49.1 Å². The molecule has 5 nitrogen and oxygen atoms in total. The largest absolute Gasteiger partial charge is 0.385 e. The van der Waals surface area contributed by atoms with Crippen molar-refractivity contribution >= 4 is 16.7 Å². The molecular weight excluding hydrogens is 228 g/mol. The average Bonchev–Trinajstić information content (AvgIpc) is 2.24. The number of amides is 1. The van der Waals surface area contributed by atoms with Crippen molar-refractivity contribution in [2.24, 2.45) is 0 Å². The Morgan fingerprint density at radius 3 is 2.75 bits per heavy atom. The van der Waals surface area contributed by atoms with Crippen LogP contribution in [0.3, 0.4) is 0 Å². The fourth-order valence-electron chi connectivity index (χ4n) is 1.01. The van der Waals surface area contributed by atoms with Crippen molar-refractivity contribution in [2.45, 2.75) is 18.6 Å². The maximum Gasteiger partial charge on any atom is 0.233 e. The molecule has 0 aromatic rings. The summed E-state index contributed by atoms with van der Waals surface area (Å²) in [6.45, 7) is 4.03. The predicted molar refractivity (Wildman–Crippen MR) is 65.9 cm³/mol. The van der Waals surface area contributed by atoms with Gasteiger partial charge in [-0.05, 0) is 13.3 Å². The van der Waals surface area contributed by atoms with E-state index in [0.29, 0.717) is 19.7 Å². The molecule has 0 saturated heterocycles. The van der Waals surface area contributed by atoms with Crippen molar-refractivity contribution in [3.05, 3.63) is 0 Å². The van der Waals surface area contributed by atoms with E-state index < -0.39 is 10.8 Å². The molecule has 0 aliphatic heterocycles. The molecule has 1 amide bonds. The minimum atomic E-state index is -0.844. The second-order valence-electron chi connectivity index (χ2n) is 3.64. The lowest BCUT2D eigenvalue weighted by atomic mass is 10.4. The first-order valence-electron chi connectivity index (χ1n) is 5.36. The summed E-state index contributed by atoms with van der Waals surface area (Å²) >= 11 is 0. The van der Waals surface area contributed by atoms with E-state index in [1.165, 1.54) is 0 Å². The van der Waals surface area contributed by atoms with Gasteiger partial charge in [0.1, 0.15) is 0 Å². The van der Waals surface area contributed by atoms with E-state index in [-0.39, 0.29) is 17.7 Å². The molecule has 0 fully saturated rings. The number of ether oxygens (including phenoxy) is 1. The molecule has 0 aliphatic rings. The Morgan fingerprint density at radius 2 is 2.19 bits per heavy atom. The van der Waals surface area contributed by atoms with Crippen molar-refractivity contribution in [1.82, 2.24) is 10.6 Å². The van der Waals surface area contributed by atoms with Crippen LogP contribution in [-0.2, 0) is 20.3 Å². The SMILES string of the molecule is COCCCNC(=O)CNCC(C)S(C)=O. The van der Waals surface area contributed by atoms with E-state index in [2.05, 4.69) is 10.6 Å². The van der Waals surface area contributed by atoms with Gasteiger partial charge < -0.3 is 15.4 Å². The van der Waals surface area contributed by atoms with Gasteiger partial charge in [0.15, 0.2) is 0 Å². The summed E-state index contributed by atoms with van der Waals surface area (Å²) < 4.78 is 15.9. The molecule has 0 heterocycles. The minimum Gasteiger partial charge on any atom is -0.385 e. The first-order valence-corrected chi connectivity index (χ1v) is 6.98. The van der Waals surface area contributed by atoms with Crippen LogP contribution in [0.2, 0.25) is 0 Å². The Kier molecular flexibility index (Phi) is 9.46. The normalized spacial score (nSPS) is 14.4. The third-order valence-electron chi connectivity index (χ3n) is 2.13. The number of carbonyl (C=O) groups excluding carboxylic acids is 1. The van der Waals surface area contributed by atoms with Gasteiger partial charge in [-0.2, -0.15) is 0 Å². The monoisotopic (exact) mass is 250 g/mol. The van der Waals surface area contributed by atoms with E-state index in [1.807, 2.05) is 6.92 Å². The van der Waals surface area contributed by atoms with Gasteiger partial charge in [0.05, 0.1) is 6.54 Å². The van der Waals surface area contributed by atoms with E-state index >= 15 is 0 Å². The van der Waals surface area contributed by atoms with Crippen molar-refractivity contribution in [2.75, 3.05) is 39.6 Å². The molecule has 0 aromatic carbocycles. The Morgan fingerprint density at radius 1 is 1.50 bits per heavy atom. The molecule has 0 bridgehead atoms.